The lowest BCUT2D eigenvalue weighted by atomic mass is 9.83. The predicted octanol–water partition coefficient (Wildman–Crippen LogP) is 2.74. The molecule has 0 atom stereocenters. The van der Waals surface area contributed by atoms with Gasteiger partial charge in [0, 0.05) is 12.1 Å². The Morgan fingerprint density at radius 3 is 2.80 bits per heavy atom. The van der Waals surface area contributed by atoms with Gasteiger partial charge < -0.3 is 5.32 Å². The van der Waals surface area contributed by atoms with E-state index < -0.39 is 0 Å². The lowest BCUT2D eigenvalue weighted by Gasteiger charge is -2.20. The topological polar surface area (TPSA) is 29.1 Å². The molecule has 0 bridgehead atoms. The highest BCUT2D eigenvalue weighted by atomic mass is 19.1. The highest BCUT2D eigenvalue weighted by Crippen LogP contribution is 2.33. The van der Waals surface area contributed by atoms with Crippen LogP contribution in [0.15, 0.2) is 18.2 Å². The van der Waals surface area contributed by atoms with Gasteiger partial charge in [-0.05, 0) is 35.6 Å². The van der Waals surface area contributed by atoms with E-state index in [0.717, 1.165) is 17.7 Å². The first-order valence-corrected chi connectivity index (χ1v) is 5.05. The first kappa shape index (κ1) is 10.1. The van der Waals surface area contributed by atoms with E-state index in [1.807, 2.05) is 13.8 Å². The van der Waals surface area contributed by atoms with Crippen LogP contribution in [0.25, 0.3) is 0 Å². The van der Waals surface area contributed by atoms with E-state index in [1.54, 1.807) is 6.07 Å². The average molecular weight is 207 g/mol. The number of rotatable bonds is 0. The van der Waals surface area contributed by atoms with Crippen molar-refractivity contribution in [3.05, 3.63) is 29.6 Å². The number of anilines is 1. The molecule has 0 fully saturated rings. The van der Waals surface area contributed by atoms with Crippen LogP contribution < -0.4 is 5.32 Å². The molecule has 0 unspecified atom stereocenters. The zero-order chi connectivity index (χ0) is 11.1. The summed E-state index contributed by atoms with van der Waals surface area (Å²) in [6.45, 7) is 4.04. The summed E-state index contributed by atoms with van der Waals surface area (Å²) in [5, 5.41) is 2.80. The molecule has 2 nitrogen and oxygen atoms in total. The molecule has 80 valence electrons. The fourth-order valence-electron chi connectivity index (χ4n) is 2.04. The standard InChI is InChI=1S/C12H14FNO/c1-12(2)6-8-5-9(13)3-4-10(8)14-11(15)7-12/h3-5H,6-7H2,1-2H3,(H,14,15). The fraction of sp³-hybridized carbons (Fsp3) is 0.417. The van der Waals surface area contributed by atoms with Gasteiger partial charge in [-0.1, -0.05) is 13.8 Å². The smallest absolute Gasteiger partial charge is 0.224 e. The molecule has 1 aliphatic rings. The van der Waals surface area contributed by atoms with Crippen molar-refractivity contribution in [2.24, 2.45) is 5.41 Å². The maximum Gasteiger partial charge on any atom is 0.224 e. The third kappa shape index (κ3) is 2.17. The van der Waals surface area contributed by atoms with Gasteiger partial charge in [-0.2, -0.15) is 0 Å². The Bertz CT molecular complexity index is 412. The predicted molar refractivity (Wildman–Crippen MR) is 57.1 cm³/mol. The quantitative estimate of drug-likeness (QED) is 0.696. The molecule has 1 amide bonds. The van der Waals surface area contributed by atoms with Crippen molar-refractivity contribution in [2.75, 3.05) is 5.32 Å². The molecule has 1 aromatic rings. The molecule has 0 radical (unpaired) electrons. The Hall–Kier alpha value is -1.38. The number of fused-ring (bicyclic) bond motifs is 1. The van der Waals surface area contributed by atoms with Gasteiger partial charge in [-0.25, -0.2) is 4.39 Å². The Kier molecular flexibility index (Phi) is 2.25. The minimum atomic E-state index is -0.249. The maximum atomic E-state index is 13.1. The summed E-state index contributed by atoms with van der Waals surface area (Å²) in [5.41, 5.74) is 1.51. The molecule has 2 rings (SSSR count). The largest absolute Gasteiger partial charge is 0.326 e. The van der Waals surface area contributed by atoms with Gasteiger partial charge in [0.1, 0.15) is 5.82 Å². The Balaban J connectivity index is 2.45. The van der Waals surface area contributed by atoms with Crippen LogP contribution in [0.2, 0.25) is 0 Å². The number of halogens is 1. The Labute approximate surface area is 88.5 Å². The summed E-state index contributed by atoms with van der Waals surface area (Å²) in [6.07, 6.45) is 1.20. The molecule has 1 N–H and O–H groups in total. The van der Waals surface area contributed by atoms with Gasteiger partial charge in [0.25, 0.3) is 0 Å². The van der Waals surface area contributed by atoms with Gasteiger partial charge in [-0.3, -0.25) is 4.79 Å². The van der Waals surface area contributed by atoms with Crippen LogP contribution in [-0.4, -0.2) is 5.91 Å². The molecule has 0 spiro atoms. The zero-order valence-electron chi connectivity index (χ0n) is 8.93. The van der Waals surface area contributed by atoms with E-state index in [9.17, 15) is 9.18 Å². The second-order valence-electron chi connectivity index (χ2n) is 4.87. The number of carbonyl (C=O) groups excluding carboxylic acids is 1. The number of carbonyl (C=O) groups is 1. The fourth-order valence-corrected chi connectivity index (χ4v) is 2.04. The molecular formula is C12H14FNO. The SMILES string of the molecule is CC1(C)CC(=O)Nc2ccc(F)cc2C1. The lowest BCUT2D eigenvalue weighted by Crippen LogP contribution is -2.20. The summed E-state index contributed by atoms with van der Waals surface area (Å²) in [4.78, 5) is 11.5. The van der Waals surface area contributed by atoms with E-state index >= 15 is 0 Å². The second-order valence-corrected chi connectivity index (χ2v) is 4.87. The molecule has 0 aliphatic carbocycles. The van der Waals surface area contributed by atoms with E-state index in [1.165, 1.54) is 12.1 Å². The average Bonchev–Trinajstić information content (AvgIpc) is 2.17. The van der Waals surface area contributed by atoms with Gasteiger partial charge >= 0.3 is 0 Å². The molecule has 15 heavy (non-hydrogen) atoms. The highest BCUT2D eigenvalue weighted by Gasteiger charge is 2.27. The van der Waals surface area contributed by atoms with Crippen molar-refractivity contribution in [1.29, 1.82) is 0 Å². The first-order valence-electron chi connectivity index (χ1n) is 5.05. The van der Waals surface area contributed by atoms with Crippen LogP contribution in [0.1, 0.15) is 25.8 Å². The highest BCUT2D eigenvalue weighted by molar-refractivity contribution is 5.92. The minimum Gasteiger partial charge on any atom is -0.326 e. The van der Waals surface area contributed by atoms with Crippen LogP contribution >= 0.6 is 0 Å². The van der Waals surface area contributed by atoms with Crippen molar-refractivity contribution in [2.45, 2.75) is 26.7 Å². The van der Waals surface area contributed by atoms with Crippen molar-refractivity contribution >= 4 is 11.6 Å². The molecule has 1 heterocycles. The molecule has 0 saturated heterocycles. The Morgan fingerprint density at radius 1 is 1.33 bits per heavy atom. The van der Waals surface area contributed by atoms with Crippen molar-refractivity contribution in [3.63, 3.8) is 0 Å². The lowest BCUT2D eigenvalue weighted by molar-refractivity contribution is -0.117. The summed E-state index contributed by atoms with van der Waals surface area (Å²) < 4.78 is 13.1. The van der Waals surface area contributed by atoms with Crippen molar-refractivity contribution in [1.82, 2.24) is 0 Å². The summed E-state index contributed by atoms with van der Waals surface area (Å²) in [5.74, 6) is -0.244. The van der Waals surface area contributed by atoms with Crippen molar-refractivity contribution < 1.29 is 9.18 Å². The van der Waals surface area contributed by atoms with E-state index in [-0.39, 0.29) is 17.1 Å². The number of amides is 1. The van der Waals surface area contributed by atoms with Gasteiger partial charge in [0.2, 0.25) is 5.91 Å². The molecule has 3 heteroatoms. The number of hydrogen-bond acceptors (Lipinski definition) is 1. The molecule has 1 aliphatic heterocycles. The summed E-state index contributed by atoms with van der Waals surface area (Å²) in [6, 6.07) is 4.50. The van der Waals surface area contributed by atoms with Gasteiger partial charge in [0.15, 0.2) is 0 Å². The monoisotopic (exact) mass is 207 g/mol. The molecular weight excluding hydrogens is 193 g/mol. The third-order valence-corrected chi connectivity index (χ3v) is 2.65. The van der Waals surface area contributed by atoms with E-state index in [0.29, 0.717) is 6.42 Å². The van der Waals surface area contributed by atoms with Crippen LogP contribution in [0.3, 0.4) is 0 Å². The number of nitrogens with one attached hydrogen (secondary N) is 1. The zero-order valence-corrected chi connectivity index (χ0v) is 8.93. The van der Waals surface area contributed by atoms with Gasteiger partial charge in [-0.15, -0.1) is 0 Å². The van der Waals surface area contributed by atoms with E-state index in [4.69, 9.17) is 0 Å². The summed E-state index contributed by atoms with van der Waals surface area (Å²) >= 11 is 0. The molecule has 0 aromatic heterocycles. The number of benzene rings is 1. The first-order chi connectivity index (χ1) is 6.96. The maximum absolute atomic E-state index is 13.1. The van der Waals surface area contributed by atoms with Crippen LogP contribution in [0.4, 0.5) is 10.1 Å². The van der Waals surface area contributed by atoms with Crippen molar-refractivity contribution in [3.8, 4) is 0 Å². The molecule has 1 aromatic carbocycles. The number of hydrogen-bond donors (Lipinski definition) is 1. The summed E-state index contributed by atoms with van der Waals surface area (Å²) in [7, 11) is 0. The van der Waals surface area contributed by atoms with Crippen LogP contribution in [-0.2, 0) is 11.2 Å². The second kappa shape index (κ2) is 3.33. The third-order valence-electron chi connectivity index (χ3n) is 2.65. The normalized spacial score (nSPS) is 19.0. The Morgan fingerprint density at radius 2 is 2.07 bits per heavy atom. The minimum absolute atomic E-state index is 0.00496. The van der Waals surface area contributed by atoms with Crippen LogP contribution in [0, 0.1) is 11.2 Å². The van der Waals surface area contributed by atoms with Crippen LogP contribution in [0.5, 0.6) is 0 Å². The van der Waals surface area contributed by atoms with E-state index in [2.05, 4.69) is 5.32 Å². The molecule has 0 saturated carbocycles. The van der Waals surface area contributed by atoms with Gasteiger partial charge in [0.05, 0.1) is 0 Å².